The molecule has 0 saturated carbocycles. The number of benzene rings is 1. The third-order valence-corrected chi connectivity index (χ3v) is 2.38. The largest absolute Gasteiger partial charge is 0.493 e. The van der Waals surface area contributed by atoms with Crippen molar-refractivity contribution in [2.45, 2.75) is 13.5 Å². The third kappa shape index (κ3) is 4.25. The maximum atomic E-state index is 10.6. The fourth-order valence-electron chi connectivity index (χ4n) is 1.58. The van der Waals surface area contributed by atoms with Gasteiger partial charge < -0.3 is 19.5 Å². The fraction of sp³-hybridized carbons (Fsp3) is 0.462. The molecule has 18 heavy (non-hydrogen) atoms. The second-order valence-electron chi connectivity index (χ2n) is 3.67. The second kappa shape index (κ2) is 7.55. The maximum absolute atomic E-state index is 10.6. The number of rotatable bonds is 7. The molecule has 0 fully saturated rings. The summed E-state index contributed by atoms with van der Waals surface area (Å²) >= 11 is 0. The number of hydrogen-bond acceptors (Lipinski definition) is 5. The average molecular weight is 253 g/mol. The topological polar surface area (TPSA) is 56.8 Å². The van der Waals surface area contributed by atoms with Gasteiger partial charge in [0.15, 0.2) is 11.5 Å². The summed E-state index contributed by atoms with van der Waals surface area (Å²) in [5, 5.41) is 3.17. The number of carbonyl (C=O) groups is 1. The lowest BCUT2D eigenvalue weighted by Crippen LogP contribution is -2.20. The van der Waals surface area contributed by atoms with Crippen molar-refractivity contribution in [3.8, 4) is 11.5 Å². The van der Waals surface area contributed by atoms with E-state index in [4.69, 9.17) is 14.2 Å². The van der Waals surface area contributed by atoms with Crippen molar-refractivity contribution in [3.63, 3.8) is 0 Å². The highest BCUT2D eigenvalue weighted by molar-refractivity contribution is 5.65. The molecule has 100 valence electrons. The first-order chi connectivity index (χ1) is 8.69. The average Bonchev–Trinajstić information content (AvgIpc) is 2.37. The second-order valence-corrected chi connectivity index (χ2v) is 3.67. The van der Waals surface area contributed by atoms with Crippen LogP contribution >= 0.6 is 0 Å². The normalized spacial score (nSPS) is 9.94. The van der Waals surface area contributed by atoms with Crippen LogP contribution in [0.3, 0.4) is 0 Å². The van der Waals surface area contributed by atoms with E-state index in [1.54, 1.807) is 14.2 Å². The standard InChI is InChI=1S/C13H19NO4/c1-10(15)18-8-7-14-9-11-5-4-6-12(16-2)13(11)17-3/h4-6,14H,7-9H2,1-3H3. The van der Waals surface area contributed by atoms with E-state index in [2.05, 4.69) is 5.32 Å². The Hall–Kier alpha value is -1.75. The van der Waals surface area contributed by atoms with E-state index >= 15 is 0 Å². The molecule has 1 N–H and O–H groups in total. The molecule has 1 aromatic carbocycles. The smallest absolute Gasteiger partial charge is 0.302 e. The summed E-state index contributed by atoms with van der Waals surface area (Å²) in [5.74, 6) is 1.16. The number of carbonyl (C=O) groups excluding carboxylic acids is 1. The van der Waals surface area contributed by atoms with Crippen LogP contribution in [-0.2, 0) is 16.1 Å². The van der Waals surface area contributed by atoms with E-state index in [1.807, 2.05) is 18.2 Å². The first-order valence-electron chi connectivity index (χ1n) is 5.73. The molecule has 1 aromatic rings. The van der Waals surface area contributed by atoms with Crippen LogP contribution in [0.15, 0.2) is 18.2 Å². The number of methoxy groups -OCH3 is 2. The molecule has 0 radical (unpaired) electrons. The van der Waals surface area contributed by atoms with Crippen LogP contribution in [0.4, 0.5) is 0 Å². The minimum atomic E-state index is -0.268. The molecular formula is C13H19NO4. The van der Waals surface area contributed by atoms with Crippen molar-refractivity contribution in [1.82, 2.24) is 5.32 Å². The summed E-state index contributed by atoms with van der Waals surface area (Å²) < 4.78 is 15.3. The van der Waals surface area contributed by atoms with Crippen LogP contribution in [0.2, 0.25) is 0 Å². The van der Waals surface area contributed by atoms with Crippen molar-refractivity contribution in [1.29, 1.82) is 0 Å². The zero-order chi connectivity index (χ0) is 13.4. The molecule has 1 rings (SSSR count). The number of esters is 1. The van der Waals surface area contributed by atoms with Crippen molar-refractivity contribution in [2.24, 2.45) is 0 Å². The summed E-state index contributed by atoms with van der Waals surface area (Å²) in [6.45, 7) is 2.98. The molecule has 0 aliphatic heterocycles. The quantitative estimate of drug-likeness (QED) is 0.587. The molecule has 0 heterocycles. The lowest BCUT2D eigenvalue weighted by Gasteiger charge is -2.13. The minimum absolute atomic E-state index is 0.268. The first-order valence-corrected chi connectivity index (χ1v) is 5.73. The van der Waals surface area contributed by atoms with E-state index in [1.165, 1.54) is 6.92 Å². The van der Waals surface area contributed by atoms with Gasteiger partial charge in [-0.05, 0) is 6.07 Å². The van der Waals surface area contributed by atoms with E-state index < -0.39 is 0 Å². The summed E-state index contributed by atoms with van der Waals surface area (Å²) in [5.41, 5.74) is 1.000. The van der Waals surface area contributed by atoms with Crippen LogP contribution in [0, 0.1) is 0 Å². The third-order valence-electron chi connectivity index (χ3n) is 2.38. The van der Waals surface area contributed by atoms with Gasteiger partial charge in [0.05, 0.1) is 14.2 Å². The molecule has 0 aliphatic rings. The molecule has 0 saturated heterocycles. The first kappa shape index (κ1) is 14.3. The lowest BCUT2D eigenvalue weighted by atomic mass is 10.2. The van der Waals surface area contributed by atoms with Gasteiger partial charge in [-0.1, -0.05) is 12.1 Å². The summed E-state index contributed by atoms with van der Waals surface area (Å²) in [6, 6.07) is 5.71. The molecule has 5 nitrogen and oxygen atoms in total. The van der Waals surface area contributed by atoms with Gasteiger partial charge in [0.25, 0.3) is 0 Å². The van der Waals surface area contributed by atoms with Gasteiger partial charge in [-0.3, -0.25) is 4.79 Å². The molecule has 0 amide bonds. The van der Waals surface area contributed by atoms with E-state index in [0.717, 1.165) is 11.3 Å². The molecule has 0 aromatic heterocycles. The Kier molecular flexibility index (Phi) is 6.00. The maximum Gasteiger partial charge on any atom is 0.302 e. The van der Waals surface area contributed by atoms with Crippen molar-refractivity contribution in [3.05, 3.63) is 23.8 Å². The number of ether oxygens (including phenoxy) is 3. The molecular weight excluding hydrogens is 234 g/mol. The Labute approximate surface area is 107 Å². The molecule has 0 aliphatic carbocycles. The molecule has 0 unspecified atom stereocenters. The fourth-order valence-corrected chi connectivity index (χ4v) is 1.58. The zero-order valence-corrected chi connectivity index (χ0v) is 11.0. The van der Waals surface area contributed by atoms with Crippen LogP contribution in [0.1, 0.15) is 12.5 Å². The van der Waals surface area contributed by atoms with Gasteiger partial charge in [0.2, 0.25) is 0 Å². The molecule has 0 atom stereocenters. The molecule has 0 spiro atoms. The minimum Gasteiger partial charge on any atom is -0.493 e. The summed E-state index contributed by atoms with van der Waals surface area (Å²) in [6.07, 6.45) is 0. The van der Waals surface area contributed by atoms with Crippen molar-refractivity contribution in [2.75, 3.05) is 27.4 Å². The van der Waals surface area contributed by atoms with Crippen LogP contribution < -0.4 is 14.8 Å². The van der Waals surface area contributed by atoms with Gasteiger partial charge in [-0.25, -0.2) is 0 Å². The Morgan fingerprint density at radius 2 is 2.06 bits per heavy atom. The zero-order valence-electron chi connectivity index (χ0n) is 11.0. The van der Waals surface area contributed by atoms with Crippen molar-refractivity contribution < 1.29 is 19.0 Å². The predicted molar refractivity (Wildman–Crippen MR) is 67.9 cm³/mol. The van der Waals surface area contributed by atoms with Gasteiger partial charge in [-0.15, -0.1) is 0 Å². The summed E-state index contributed by atoms with van der Waals surface area (Å²) in [4.78, 5) is 10.6. The van der Waals surface area contributed by atoms with Gasteiger partial charge >= 0.3 is 5.97 Å². The molecule has 5 heteroatoms. The van der Waals surface area contributed by atoms with Gasteiger partial charge in [0.1, 0.15) is 6.61 Å². The lowest BCUT2D eigenvalue weighted by molar-refractivity contribution is -0.140. The Morgan fingerprint density at radius 1 is 1.28 bits per heavy atom. The van der Waals surface area contributed by atoms with Crippen LogP contribution in [0.5, 0.6) is 11.5 Å². The predicted octanol–water partition coefficient (Wildman–Crippen LogP) is 1.36. The summed E-state index contributed by atoms with van der Waals surface area (Å²) in [7, 11) is 3.22. The van der Waals surface area contributed by atoms with Crippen LogP contribution in [0.25, 0.3) is 0 Å². The van der Waals surface area contributed by atoms with Crippen molar-refractivity contribution >= 4 is 5.97 Å². The SMILES string of the molecule is COc1cccc(CNCCOC(C)=O)c1OC. The highest BCUT2D eigenvalue weighted by atomic mass is 16.5. The highest BCUT2D eigenvalue weighted by Crippen LogP contribution is 2.30. The van der Waals surface area contributed by atoms with E-state index in [-0.39, 0.29) is 5.97 Å². The Morgan fingerprint density at radius 3 is 2.67 bits per heavy atom. The van der Waals surface area contributed by atoms with Gasteiger partial charge in [-0.2, -0.15) is 0 Å². The monoisotopic (exact) mass is 253 g/mol. The van der Waals surface area contributed by atoms with Crippen LogP contribution in [-0.4, -0.2) is 33.3 Å². The van der Waals surface area contributed by atoms with E-state index in [0.29, 0.717) is 25.4 Å². The number of hydrogen-bond donors (Lipinski definition) is 1. The Bertz CT molecular complexity index is 393. The Balaban J connectivity index is 2.49. The number of para-hydroxylation sites is 1. The van der Waals surface area contributed by atoms with Gasteiger partial charge in [0, 0.05) is 25.6 Å². The highest BCUT2D eigenvalue weighted by Gasteiger charge is 2.08. The molecule has 0 bridgehead atoms. The number of nitrogens with one attached hydrogen (secondary N) is 1. The van der Waals surface area contributed by atoms with E-state index in [9.17, 15) is 4.79 Å².